The van der Waals surface area contributed by atoms with Crippen LogP contribution in [0.5, 0.6) is 11.5 Å². The quantitative estimate of drug-likeness (QED) is 0.644. The molecule has 0 bridgehead atoms. The van der Waals surface area contributed by atoms with Crippen LogP contribution in [-0.4, -0.2) is 25.2 Å². The average molecular weight is 335 g/mol. The first-order chi connectivity index (χ1) is 11.4. The van der Waals surface area contributed by atoms with E-state index in [9.17, 15) is 19.3 Å². The number of urea groups is 1. The highest BCUT2D eigenvalue weighted by molar-refractivity contribution is 6.01. The second kappa shape index (κ2) is 7.27. The predicted molar refractivity (Wildman–Crippen MR) is 85.2 cm³/mol. The van der Waals surface area contributed by atoms with Crippen molar-refractivity contribution in [2.45, 2.75) is 0 Å². The van der Waals surface area contributed by atoms with Gasteiger partial charge in [0.25, 0.3) is 5.69 Å². The lowest BCUT2D eigenvalue weighted by Crippen LogP contribution is -2.20. The number of non-ortho nitro benzene ring substituents is 1. The van der Waals surface area contributed by atoms with Crippen molar-refractivity contribution in [2.24, 2.45) is 0 Å². The number of rotatable bonds is 5. The highest BCUT2D eigenvalue weighted by atomic mass is 19.1. The fourth-order valence-corrected chi connectivity index (χ4v) is 1.91. The van der Waals surface area contributed by atoms with Gasteiger partial charge in [-0.2, -0.15) is 0 Å². The molecule has 0 aromatic heterocycles. The van der Waals surface area contributed by atoms with E-state index in [4.69, 9.17) is 9.47 Å². The molecule has 0 atom stereocenters. The Morgan fingerprint density at radius 2 is 1.79 bits per heavy atom. The maximum atomic E-state index is 13.7. The van der Waals surface area contributed by atoms with Gasteiger partial charge in [-0.25, -0.2) is 9.18 Å². The van der Waals surface area contributed by atoms with Crippen molar-refractivity contribution in [3.63, 3.8) is 0 Å². The lowest BCUT2D eigenvalue weighted by molar-refractivity contribution is -0.384. The molecule has 0 heterocycles. The van der Waals surface area contributed by atoms with Gasteiger partial charge in [0.1, 0.15) is 17.3 Å². The third kappa shape index (κ3) is 3.88. The predicted octanol–water partition coefficient (Wildman–Crippen LogP) is 3.40. The largest absolute Gasteiger partial charge is 0.497 e. The Morgan fingerprint density at radius 1 is 1.08 bits per heavy atom. The van der Waals surface area contributed by atoms with Crippen LogP contribution in [0.25, 0.3) is 0 Å². The molecule has 0 spiro atoms. The van der Waals surface area contributed by atoms with Crippen LogP contribution in [0.3, 0.4) is 0 Å². The van der Waals surface area contributed by atoms with Crippen molar-refractivity contribution in [1.82, 2.24) is 0 Å². The summed E-state index contributed by atoms with van der Waals surface area (Å²) < 4.78 is 23.8. The van der Waals surface area contributed by atoms with Crippen molar-refractivity contribution < 1.29 is 23.6 Å². The number of nitro benzene ring substituents is 1. The van der Waals surface area contributed by atoms with Crippen molar-refractivity contribution in [2.75, 3.05) is 24.9 Å². The summed E-state index contributed by atoms with van der Waals surface area (Å²) in [5.74, 6) is 0.0476. The molecule has 0 aliphatic heterocycles. The number of hydrogen-bond acceptors (Lipinski definition) is 5. The first kappa shape index (κ1) is 17.0. The van der Waals surface area contributed by atoms with Gasteiger partial charge in [0, 0.05) is 18.2 Å². The minimum absolute atomic E-state index is 0.292. The van der Waals surface area contributed by atoms with Gasteiger partial charge in [0.05, 0.1) is 30.5 Å². The van der Waals surface area contributed by atoms with Gasteiger partial charge in [-0.3, -0.25) is 10.1 Å². The summed E-state index contributed by atoms with van der Waals surface area (Å²) in [5, 5.41) is 15.4. The summed E-state index contributed by atoms with van der Waals surface area (Å²) in [6.07, 6.45) is 0. The Bertz CT molecular complexity index is 782. The summed E-state index contributed by atoms with van der Waals surface area (Å²) in [6, 6.07) is 6.79. The van der Waals surface area contributed by atoms with E-state index in [1.54, 1.807) is 12.1 Å². The zero-order chi connectivity index (χ0) is 17.7. The Kier molecular flexibility index (Phi) is 5.15. The molecular weight excluding hydrogens is 321 g/mol. The average Bonchev–Trinajstić information content (AvgIpc) is 2.56. The molecule has 0 aliphatic carbocycles. The number of nitrogens with zero attached hydrogens (tertiary/aromatic N) is 1. The van der Waals surface area contributed by atoms with Gasteiger partial charge in [-0.15, -0.1) is 0 Å². The van der Waals surface area contributed by atoms with E-state index in [1.165, 1.54) is 20.3 Å². The second-order valence-electron chi connectivity index (χ2n) is 4.57. The van der Waals surface area contributed by atoms with Gasteiger partial charge in [0.2, 0.25) is 0 Å². The zero-order valence-electron chi connectivity index (χ0n) is 12.8. The van der Waals surface area contributed by atoms with Gasteiger partial charge in [0.15, 0.2) is 0 Å². The molecule has 24 heavy (non-hydrogen) atoms. The van der Waals surface area contributed by atoms with E-state index < -0.39 is 16.8 Å². The Balaban J connectivity index is 2.20. The van der Waals surface area contributed by atoms with E-state index in [2.05, 4.69) is 10.6 Å². The number of anilines is 2. The summed E-state index contributed by atoms with van der Waals surface area (Å²) in [5.41, 5.74) is -0.366. The van der Waals surface area contributed by atoms with Crippen LogP contribution in [-0.2, 0) is 0 Å². The van der Waals surface area contributed by atoms with Gasteiger partial charge < -0.3 is 20.1 Å². The van der Waals surface area contributed by atoms with Crippen LogP contribution >= 0.6 is 0 Å². The highest BCUT2D eigenvalue weighted by Crippen LogP contribution is 2.29. The van der Waals surface area contributed by atoms with Crippen molar-refractivity contribution in [3.8, 4) is 11.5 Å². The van der Waals surface area contributed by atoms with Crippen LogP contribution in [0, 0.1) is 15.9 Å². The molecule has 0 radical (unpaired) electrons. The molecule has 0 saturated carbocycles. The maximum absolute atomic E-state index is 13.7. The summed E-state index contributed by atoms with van der Waals surface area (Å²) in [4.78, 5) is 22.1. The molecule has 8 nitrogen and oxygen atoms in total. The fourth-order valence-electron chi connectivity index (χ4n) is 1.91. The Labute approximate surface area is 136 Å². The first-order valence-electron chi connectivity index (χ1n) is 6.68. The van der Waals surface area contributed by atoms with E-state index in [0.29, 0.717) is 17.2 Å². The number of carbonyl (C=O) groups is 1. The lowest BCUT2D eigenvalue weighted by Gasteiger charge is -2.12. The van der Waals surface area contributed by atoms with E-state index >= 15 is 0 Å². The number of methoxy groups -OCH3 is 2. The second-order valence-corrected chi connectivity index (χ2v) is 4.57. The van der Waals surface area contributed by atoms with Gasteiger partial charge >= 0.3 is 6.03 Å². The number of halogens is 1. The topological polar surface area (TPSA) is 103 Å². The van der Waals surface area contributed by atoms with E-state index in [1.807, 2.05) is 0 Å². The number of carbonyl (C=O) groups excluding carboxylic acids is 1. The normalized spacial score (nSPS) is 9.96. The molecule has 0 aliphatic rings. The molecule has 126 valence electrons. The standard InChI is InChI=1S/C15H14FN3O5/c1-23-10-4-6-14(24-2)13(8-10)18-15(20)17-12-7-9(19(21)22)3-5-11(12)16/h3-8H,1-2H3,(H2,17,18,20). The number of hydrogen-bond donors (Lipinski definition) is 2. The summed E-state index contributed by atoms with van der Waals surface area (Å²) in [6.45, 7) is 0. The number of amides is 2. The van der Waals surface area contributed by atoms with Crippen molar-refractivity contribution >= 4 is 23.1 Å². The molecule has 0 saturated heterocycles. The minimum atomic E-state index is -0.798. The Hall–Kier alpha value is -3.36. The van der Waals surface area contributed by atoms with E-state index in [-0.39, 0.29) is 11.4 Å². The SMILES string of the molecule is COc1ccc(OC)c(NC(=O)Nc2cc([N+](=O)[O-])ccc2F)c1. The fraction of sp³-hybridized carbons (Fsp3) is 0.133. The minimum Gasteiger partial charge on any atom is -0.497 e. The third-order valence-electron chi connectivity index (χ3n) is 3.06. The molecule has 0 fully saturated rings. The van der Waals surface area contributed by atoms with Crippen molar-refractivity contribution in [1.29, 1.82) is 0 Å². The van der Waals surface area contributed by atoms with Crippen LogP contribution in [0.15, 0.2) is 36.4 Å². The van der Waals surface area contributed by atoms with Crippen LogP contribution in [0.2, 0.25) is 0 Å². The first-order valence-corrected chi connectivity index (χ1v) is 6.68. The maximum Gasteiger partial charge on any atom is 0.323 e. The summed E-state index contributed by atoms with van der Waals surface area (Å²) >= 11 is 0. The molecule has 2 aromatic rings. The molecule has 2 N–H and O–H groups in total. The smallest absolute Gasteiger partial charge is 0.323 e. The molecule has 2 rings (SSSR count). The van der Waals surface area contributed by atoms with Crippen LogP contribution in [0.1, 0.15) is 0 Å². The molecule has 2 amide bonds. The molecule has 2 aromatic carbocycles. The number of benzene rings is 2. The summed E-state index contributed by atoms with van der Waals surface area (Å²) in [7, 11) is 2.88. The lowest BCUT2D eigenvalue weighted by atomic mass is 10.2. The van der Waals surface area contributed by atoms with Crippen molar-refractivity contribution in [3.05, 3.63) is 52.3 Å². The number of nitro groups is 1. The third-order valence-corrected chi connectivity index (χ3v) is 3.06. The molecular formula is C15H14FN3O5. The van der Waals surface area contributed by atoms with Crippen LogP contribution < -0.4 is 20.1 Å². The number of ether oxygens (including phenoxy) is 2. The Morgan fingerprint density at radius 3 is 2.42 bits per heavy atom. The van der Waals surface area contributed by atoms with Crippen LogP contribution in [0.4, 0.5) is 26.2 Å². The van der Waals surface area contributed by atoms with Gasteiger partial charge in [-0.1, -0.05) is 0 Å². The van der Waals surface area contributed by atoms with Gasteiger partial charge in [-0.05, 0) is 18.2 Å². The monoisotopic (exact) mass is 335 g/mol. The highest BCUT2D eigenvalue weighted by Gasteiger charge is 2.14. The zero-order valence-corrected chi connectivity index (χ0v) is 12.8. The molecule has 9 heteroatoms. The van der Waals surface area contributed by atoms with E-state index in [0.717, 1.165) is 18.2 Å². The number of nitrogens with one attached hydrogen (secondary N) is 2. The molecule has 0 unspecified atom stereocenters.